The van der Waals surface area contributed by atoms with Crippen LogP contribution in [0, 0.1) is 0 Å². The number of aliphatic hydroxyl groups excluding tert-OH is 1. The summed E-state index contributed by atoms with van der Waals surface area (Å²) in [5.41, 5.74) is 2.01. The van der Waals surface area contributed by atoms with Crippen molar-refractivity contribution in [2.45, 2.75) is 32.1 Å². The Hall–Kier alpha value is -2.06. The van der Waals surface area contributed by atoms with Gasteiger partial charge in [0.05, 0.1) is 12.0 Å². The topological polar surface area (TPSA) is 92.4 Å². The molecule has 120 valence electrons. The number of rotatable bonds is 3. The Kier molecular flexibility index (Phi) is 3.50. The Labute approximate surface area is 136 Å². The summed E-state index contributed by atoms with van der Waals surface area (Å²) in [6.07, 6.45) is 5.07. The molecule has 1 aliphatic carbocycles. The second-order valence-electron chi connectivity index (χ2n) is 5.84. The van der Waals surface area contributed by atoms with Crippen LogP contribution < -0.4 is 5.32 Å². The number of aromatic nitrogens is 4. The second kappa shape index (κ2) is 5.54. The van der Waals surface area contributed by atoms with Crippen LogP contribution >= 0.6 is 11.3 Å². The van der Waals surface area contributed by atoms with Gasteiger partial charge in [-0.2, -0.15) is 0 Å². The van der Waals surface area contributed by atoms with Gasteiger partial charge in [0.2, 0.25) is 5.82 Å². The predicted octanol–water partition coefficient (Wildman–Crippen LogP) is 1.50. The van der Waals surface area contributed by atoms with Crippen LogP contribution in [0.1, 0.15) is 46.7 Å². The minimum Gasteiger partial charge on any atom is -0.395 e. The van der Waals surface area contributed by atoms with Gasteiger partial charge in [0.25, 0.3) is 5.91 Å². The number of aliphatic hydroxyl groups is 1. The number of carbonyl (C=O) groups excluding carboxylic acids is 1. The molecular weight excluding hydrogens is 314 g/mol. The molecule has 0 spiro atoms. The molecule has 1 aliphatic rings. The van der Waals surface area contributed by atoms with Crippen LogP contribution in [0.15, 0.2) is 6.33 Å². The molecule has 0 saturated heterocycles. The number of thiophene rings is 1. The number of nitrogens with one attached hydrogen (secondary N) is 1. The minimum atomic E-state index is -0.381. The molecule has 1 amide bonds. The van der Waals surface area contributed by atoms with Crippen LogP contribution in [0.2, 0.25) is 0 Å². The first-order chi connectivity index (χ1) is 11.2. The normalized spacial score (nSPS) is 17.6. The minimum absolute atomic E-state index is 0.108. The molecule has 8 heteroatoms. The summed E-state index contributed by atoms with van der Waals surface area (Å²) in [5, 5.41) is 16.6. The fourth-order valence-electron chi connectivity index (χ4n) is 3.23. The zero-order valence-electron chi connectivity index (χ0n) is 12.7. The van der Waals surface area contributed by atoms with Gasteiger partial charge < -0.3 is 10.4 Å². The predicted molar refractivity (Wildman–Crippen MR) is 86.9 cm³/mol. The van der Waals surface area contributed by atoms with Gasteiger partial charge in [-0.25, -0.2) is 14.5 Å². The van der Waals surface area contributed by atoms with Gasteiger partial charge in [-0.3, -0.25) is 4.79 Å². The van der Waals surface area contributed by atoms with E-state index in [-0.39, 0.29) is 24.9 Å². The summed E-state index contributed by atoms with van der Waals surface area (Å²) in [7, 11) is 0. The first-order valence-electron chi connectivity index (χ1n) is 7.74. The SMILES string of the molecule is C[C@H]1CCCc2sc3ncn4nc(C(=O)NCCO)nc4c3c21. The highest BCUT2D eigenvalue weighted by Gasteiger charge is 2.25. The Bertz CT molecular complexity index is 900. The van der Waals surface area contributed by atoms with Crippen LogP contribution in [0.25, 0.3) is 15.9 Å². The lowest BCUT2D eigenvalue weighted by molar-refractivity contribution is 0.0934. The average Bonchev–Trinajstić information content (AvgIpc) is 3.13. The molecule has 3 aromatic rings. The molecule has 1 atom stereocenters. The maximum atomic E-state index is 12.0. The van der Waals surface area contributed by atoms with Crippen molar-refractivity contribution in [3.63, 3.8) is 0 Å². The summed E-state index contributed by atoms with van der Waals surface area (Å²) in [6, 6.07) is 0. The Morgan fingerprint density at radius 1 is 1.57 bits per heavy atom. The molecule has 0 unspecified atom stereocenters. The van der Waals surface area contributed by atoms with Crippen LogP contribution in [-0.2, 0) is 6.42 Å². The number of fused-ring (bicyclic) bond motifs is 5. The molecule has 4 rings (SSSR count). The average molecular weight is 331 g/mol. The lowest BCUT2D eigenvalue weighted by Crippen LogP contribution is -2.27. The summed E-state index contributed by atoms with van der Waals surface area (Å²) in [4.78, 5) is 23.3. The number of aryl methyl sites for hydroxylation is 1. The Morgan fingerprint density at radius 3 is 3.26 bits per heavy atom. The molecule has 0 bridgehead atoms. The van der Waals surface area contributed by atoms with Crippen molar-refractivity contribution in [2.24, 2.45) is 0 Å². The number of nitrogens with zero attached hydrogens (tertiary/aromatic N) is 4. The Morgan fingerprint density at radius 2 is 2.43 bits per heavy atom. The number of hydrogen-bond acceptors (Lipinski definition) is 6. The fraction of sp³-hybridized carbons (Fsp3) is 0.467. The summed E-state index contributed by atoms with van der Waals surface area (Å²) < 4.78 is 1.57. The molecule has 0 fully saturated rings. The zero-order valence-corrected chi connectivity index (χ0v) is 13.6. The van der Waals surface area contributed by atoms with E-state index in [2.05, 4.69) is 27.3 Å². The standard InChI is InChI=1S/C15H17N5O2S/c1-8-3-2-4-9-10(8)11-13-18-12(14(22)16-5-6-21)19-20(13)7-17-15(11)23-9/h7-8,21H,2-6H2,1H3,(H,16,22)/t8-/m0/s1. The molecule has 0 radical (unpaired) electrons. The van der Waals surface area contributed by atoms with Gasteiger partial charge >= 0.3 is 0 Å². The van der Waals surface area contributed by atoms with Crippen molar-refractivity contribution in [3.8, 4) is 0 Å². The van der Waals surface area contributed by atoms with E-state index in [1.54, 1.807) is 22.2 Å². The fourth-order valence-corrected chi connectivity index (χ4v) is 4.53. The van der Waals surface area contributed by atoms with Crippen molar-refractivity contribution in [2.75, 3.05) is 13.2 Å². The number of hydrogen-bond donors (Lipinski definition) is 2. The molecule has 0 aromatic carbocycles. The van der Waals surface area contributed by atoms with Crippen LogP contribution in [0.4, 0.5) is 0 Å². The summed E-state index contributed by atoms with van der Waals surface area (Å²) in [5.74, 6) is 0.202. The van der Waals surface area contributed by atoms with Crippen LogP contribution in [-0.4, -0.2) is 43.7 Å². The molecule has 2 N–H and O–H groups in total. The zero-order chi connectivity index (χ0) is 16.0. The first kappa shape index (κ1) is 14.5. The third-order valence-corrected chi connectivity index (χ3v) is 5.45. The van der Waals surface area contributed by atoms with Gasteiger partial charge in [0.1, 0.15) is 11.2 Å². The maximum Gasteiger partial charge on any atom is 0.291 e. The third kappa shape index (κ3) is 2.29. The van der Waals surface area contributed by atoms with Crippen molar-refractivity contribution in [1.82, 2.24) is 24.9 Å². The second-order valence-corrected chi connectivity index (χ2v) is 6.92. The van der Waals surface area contributed by atoms with Crippen molar-refractivity contribution in [1.29, 1.82) is 0 Å². The molecule has 0 aliphatic heterocycles. The van der Waals surface area contributed by atoms with E-state index >= 15 is 0 Å². The highest BCUT2D eigenvalue weighted by molar-refractivity contribution is 7.19. The first-order valence-corrected chi connectivity index (χ1v) is 8.56. The van der Waals surface area contributed by atoms with E-state index in [9.17, 15) is 4.79 Å². The largest absolute Gasteiger partial charge is 0.395 e. The molecule has 3 aromatic heterocycles. The number of carbonyl (C=O) groups is 1. The van der Waals surface area contributed by atoms with E-state index in [4.69, 9.17) is 5.11 Å². The van der Waals surface area contributed by atoms with E-state index in [0.717, 1.165) is 23.1 Å². The highest BCUT2D eigenvalue weighted by Crippen LogP contribution is 2.42. The molecule has 23 heavy (non-hydrogen) atoms. The molecule has 7 nitrogen and oxygen atoms in total. The van der Waals surface area contributed by atoms with Crippen LogP contribution in [0.3, 0.4) is 0 Å². The third-order valence-electron chi connectivity index (χ3n) is 4.28. The Balaban J connectivity index is 1.89. The van der Waals surface area contributed by atoms with Gasteiger partial charge in [0, 0.05) is 11.4 Å². The highest BCUT2D eigenvalue weighted by atomic mass is 32.1. The smallest absolute Gasteiger partial charge is 0.291 e. The van der Waals surface area contributed by atoms with E-state index < -0.39 is 0 Å². The quantitative estimate of drug-likeness (QED) is 0.759. The molecular formula is C15H17N5O2S. The van der Waals surface area contributed by atoms with E-state index in [0.29, 0.717) is 11.6 Å². The van der Waals surface area contributed by atoms with Gasteiger partial charge in [-0.1, -0.05) is 6.92 Å². The van der Waals surface area contributed by atoms with Crippen LogP contribution in [0.5, 0.6) is 0 Å². The molecule has 3 heterocycles. The van der Waals surface area contributed by atoms with Gasteiger partial charge in [-0.05, 0) is 30.7 Å². The maximum absolute atomic E-state index is 12.0. The summed E-state index contributed by atoms with van der Waals surface area (Å²) >= 11 is 1.72. The lowest BCUT2D eigenvalue weighted by atomic mass is 9.87. The van der Waals surface area contributed by atoms with Crippen molar-refractivity contribution < 1.29 is 9.90 Å². The summed E-state index contributed by atoms with van der Waals surface area (Å²) in [6.45, 7) is 2.31. The monoisotopic (exact) mass is 331 g/mol. The molecule has 0 saturated carbocycles. The number of amides is 1. The van der Waals surface area contributed by atoms with Crippen molar-refractivity contribution >= 4 is 33.1 Å². The van der Waals surface area contributed by atoms with E-state index in [1.807, 2.05) is 0 Å². The lowest BCUT2D eigenvalue weighted by Gasteiger charge is -2.18. The van der Waals surface area contributed by atoms with Crippen molar-refractivity contribution in [3.05, 3.63) is 22.6 Å². The van der Waals surface area contributed by atoms with Gasteiger partial charge in [0.15, 0.2) is 5.65 Å². The van der Waals surface area contributed by atoms with E-state index in [1.165, 1.54) is 16.9 Å². The van der Waals surface area contributed by atoms with Gasteiger partial charge in [-0.15, -0.1) is 16.4 Å².